The number of hydrogen-bond acceptors (Lipinski definition) is 4. The number of halogens is 1. The molecule has 0 amide bonds. The first kappa shape index (κ1) is 20.6. The Kier molecular flexibility index (Phi) is 10.3. The molecule has 1 aromatic heterocycles. The van der Waals surface area contributed by atoms with Crippen molar-refractivity contribution >= 4 is 41.3 Å². The fourth-order valence-electron chi connectivity index (χ4n) is 1.90. The van der Waals surface area contributed by atoms with Crippen LogP contribution in [0.1, 0.15) is 12.5 Å². The lowest BCUT2D eigenvalue weighted by atomic mass is 10.3. The van der Waals surface area contributed by atoms with Crippen LogP contribution < -0.4 is 20.1 Å². The number of nitrogens with zero attached hydrogens (tertiary/aromatic N) is 1. The molecule has 0 spiro atoms. The largest absolute Gasteiger partial charge is 0.497 e. The Balaban J connectivity index is 0.00000288. The molecule has 0 bridgehead atoms. The summed E-state index contributed by atoms with van der Waals surface area (Å²) in [5.41, 5.74) is 1.22. The van der Waals surface area contributed by atoms with Gasteiger partial charge in [0.2, 0.25) is 0 Å². The first-order chi connectivity index (χ1) is 11.3. The topological polar surface area (TPSA) is 54.9 Å². The van der Waals surface area contributed by atoms with Crippen LogP contribution in [0.25, 0.3) is 0 Å². The van der Waals surface area contributed by atoms with E-state index < -0.39 is 0 Å². The van der Waals surface area contributed by atoms with Crippen LogP contribution in [0.3, 0.4) is 0 Å². The van der Waals surface area contributed by atoms with Crippen LogP contribution in [0.4, 0.5) is 0 Å². The van der Waals surface area contributed by atoms with Gasteiger partial charge in [-0.25, -0.2) is 4.99 Å². The van der Waals surface area contributed by atoms with Crippen LogP contribution in [0.2, 0.25) is 0 Å². The van der Waals surface area contributed by atoms with Crippen molar-refractivity contribution in [1.82, 2.24) is 10.6 Å². The van der Waals surface area contributed by atoms with Crippen LogP contribution >= 0.6 is 35.3 Å². The van der Waals surface area contributed by atoms with Gasteiger partial charge in [-0.05, 0) is 53.6 Å². The Morgan fingerprint density at radius 3 is 2.50 bits per heavy atom. The van der Waals surface area contributed by atoms with E-state index in [1.54, 1.807) is 18.4 Å². The number of rotatable bonds is 8. The highest BCUT2D eigenvalue weighted by molar-refractivity contribution is 14.0. The highest BCUT2D eigenvalue weighted by Gasteiger charge is 1.99. The number of guanidine groups is 1. The minimum absolute atomic E-state index is 0. The zero-order chi connectivity index (χ0) is 16.3. The molecule has 0 saturated heterocycles. The van der Waals surface area contributed by atoms with Gasteiger partial charge in [0.25, 0.3) is 0 Å². The highest BCUT2D eigenvalue weighted by atomic mass is 127. The summed E-state index contributed by atoms with van der Waals surface area (Å²) in [6.45, 7) is 4.80. The Labute approximate surface area is 164 Å². The van der Waals surface area contributed by atoms with Crippen LogP contribution in [-0.4, -0.2) is 32.8 Å². The second-order valence-corrected chi connectivity index (χ2v) is 5.56. The molecule has 2 N–H and O–H groups in total. The summed E-state index contributed by atoms with van der Waals surface area (Å²) in [4.78, 5) is 4.55. The summed E-state index contributed by atoms with van der Waals surface area (Å²) in [7, 11) is 1.65. The molecule has 2 rings (SSSR count). The third-order valence-electron chi connectivity index (χ3n) is 3.07. The van der Waals surface area contributed by atoms with Gasteiger partial charge in [0.15, 0.2) is 5.96 Å². The Morgan fingerprint density at radius 2 is 1.88 bits per heavy atom. The first-order valence-electron chi connectivity index (χ1n) is 7.62. The first-order valence-corrected chi connectivity index (χ1v) is 8.56. The number of nitrogens with one attached hydrogen (secondary N) is 2. The molecule has 0 aliphatic carbocycles. The maximum atomic E-state index is 5.69. The van der Waals surface area contributed by atoms with Gasteiger partial charge in [-0.3, -0.25) is 0 Å². The molecule has 132 valence electrons. The van der Waals surface area contributed by atoms with Gasteiger partial charge in [-0.1, -0.05) is 0 Å². The summed E-state index contributed by atoms with van der Waals surface area (Å²) < 4.78 is 10.8. The van der Waals surface area contributed by atoms with E-state index in [1.807, 2.05) is 24.3 Å². The molecule has 0 fully saturated rings. The maximum absolute atomic E-state index is 5.69. The van der Waals surface area contributed by atoms with Crippen LogP contribution in [-0.2, 0) is 6.54 Å². The zero-order valence-corrected chi connectivity index (χ0v) is 17.1. The Bertz CT molecular complexity index is 588. The van der Waals surface area contributed by atoms with Crippen molar-refractivity contribution in [2.24, 2.45) is 4.99 Å². The van der Waals surface area contributed by atoms with Gasteiger partial charge in [-0.15, -0.1) is 24.0 Å². The van der Waals surface area contributed by atoms with Crippen molar-refractivity contribution in [2.75, 3.05) is 26.8 Å². The number of methoxy groups -OCH3 is 1. The monoisotopic (exact) mass is 461 g/mol. The lowest BCUT2D eigenvalue weighted by Crippen LogP contribution is -2.39. The van der Waals surface area contributed by atoms with Crippen molar-refractivity contribution in [3.63, 3.8) is 0 Å². The summed E-state index contributed by atoms with van der Waals surface area (Å²) in [6.07, 6.45) is 0. The summed E-state index contributed by atoms with van der Waals surface area (Å²) >= 11 is 1.69. The molecular weight excluding hydrogens is 437 g/mol. The van der Waals surface area contributed by atoms with E-state index in [9.17, 15) is 0 Å². The van der Waals surface area contributed by atoms with E-state index >= 15 is 0 Å². The molecule has 5 nitrogen and oxygen atoms in total. The van der Waals surface area contributed by atoms with Crippen molar-refractivity contribution in [1.29, 1.82) is 0 Å². The zero-order valence-electron chi connectivity index (χ0n) is 14.0. The molecule has 0 radical (unpaired) electrons. The van der Waals surface area contributed by atoms with Crippen LogP contribution in [0.5, 0.6) is 11.5 Å². The van der Waals surface area contributed by atoms with Gasteiger partial charge >= 0.3 is 0 Å². The van der Waals surface area contributed by atoms with E-state index in [-0.39, 0.29) is 24.0 Å². The number of hydrogen-bond donors (Lipinski definition) is 2. The number of thiophene rings is 1. The summed E-state index contributed by atoms with van der Waals surface area (Å²) in [5.74, 6) is 2.45. The number of aliphatic imine (C=N–C) groups is 1. The van der Waals surface area contributed by atoms with E-state index in [0.29, 0.717) is 19.7 Å². The lowest BCUT2D eigenvalue weighted by molar-refractivity contribution is 0.321. The standard InChI is InChI=1S/C17H23N3O2S.HI/c1-3-18-17(20-12-14-8-11-23-13-14)19-9-10-22-16-6-4-15(21-2)5-7-16;/h4-8,11,13H,3,9-10,12H2,1-2H3,(H2,18,19,20);1H. The number of ether oxygens (including phenoxy) is 2. The Morgan fingerprint density at radius 1 is 1.12 bits per heavy atom. The van der Waals surface area contributed by atoms with E-state index in [0.717, 1.165) is 24.0 Å². The van der Waals surface area contributed by atoms with E-state index in [1.165, 1.54) is 5.56 Å². The molecule has 2 aromatic rings. The predicted octanol–water partition coefficient (Wildman–Crippen LogP) is 3.51. The second kappa shape index (κ2) is 12.0. The highest BCUT2D eigenvalue weighted by Crippen LogP contribution is 2.16. The van der Waals surface area contributed by atoms with Crippen molar-refractivity contribution in [3.8, 4) is 11.5 Å². The average Bonchev–Trinajstić information content (AvgIpc) is 3.10. The summed E-state index contributed by atoms with van der Waals surface area (Å²) in [5, 5.41) is 10.7. The summed E-state index contributed by atoms with van der Waals surface area (Å²) in [6, 6.07) is 9.65. The van der Waals surface area contributed by atoms with Crippen LogP contribution in [0.15, 0.2) is 46.1 Å². The molecule has 0 aliphatic rings. The van der Waals surface area contributed by atoms with Crippen molar-refractivity contribution < 1.29 is 9.47 Å². The molecule has 1 aromatic carbocycles. The smallest absolute Gasteiger partial charge is 0.191 e. The predicted molar refractivity (Wildman–Crippen MR) is 111 cm³/mol. The molecule has 0 aliphatic heterocycles. The molecular formula is C17H24IN3O2S. The quantitative estimate of drug-likeness (QED) is 0.274. The molecule has 0 atom stereocenters. The van der Waals surface area contributed by atoms with Gasteiger partial charge in [-0.2, -0.15) is 11.3 Å². The minimum atomic E-state index is 0. The average molecular weight is 461 g/mol. The van der Waals surface area contributed by atoms with Gasteiger partial charge in [0.05, 0.1) is 20.2 Å². The molecule has 24 heavy (non-hydrogen) atoms. The normalized spacial score (nSPS) is 10.7. The van der Waals surface area contributed by atoms with Crippen molar-refractivity contribution in [2.45, 2.75) is 13.5 Å². The third kappa shape index (κ3) is 7.39. The van der Waals surface area contributed by atoms with E-state index in [4.69, 9.17) is 9.47 Å². The molecule has 7 heteroatoms. The molecule has 1 heterocycles. The minimum Gasteiger partial charge on any atom is -0.497 e. The third-order valence-corrected chi connectivity index (χ3v) is 3.80. The van der Waals surface area contributed by atoms with Crippen LogP contribution in [0, 0.1) is 0 Å². The van der Waals surface area contributed by atoms with Gasteiger partial charge in [0, 0.05) is 6.54 Å². The van der Waals surface area contributed by atoms with Gasteiger partial charge in [0.1, 0.15) is 18.1 Å². The van der Waals surface area contributed by atoms with Crippen molar-refractivity contribution in [3.05, 3.63) is 46.7 Å². The number of benzene rings is 1. The van der Waals surface area contributed by atoms with Gasteiger partial charge < -0.3 is 20.1 Å². The molecule has 0 unspecified atom stereocenters. The lowest BCUT2D eigenvalue weighted by Gasteiger charge is -2.12. The Hall–Kier alpha value is -1.48. The second-order valence-electron chi connectivity index (χ2n) is 4.78. The fourth-order valence-corrected chi connectivity index (χ4v) is 2.56. The molecule has 0 saturated carbocycles. The maximum Gasteiger partial charge on any atom is 0.191 e. The van der Waals surface area contributed by atoms with E-state index in [2.05, 4.69) is 39.4 Å². The SMILES string of the molecule is CCNC(=NCc1ccsc1)NCCOc1ccc(OC)cc1.I. The fraction of sp³-hybridized carbons (Fsp3) is 0.353.